The maximum atomic E-state index is 13.2. The second-order valence-corrected chi connectivity index (χ2v) is 9.91. The van der Waals surface area contributed by atoms with Crippen LogP contribution in [0.15, 0.2) is 88.9 Å². The average molecular weight is 599 g/mol. The van der Waals surface area contributed by atoms with Gasteiger partial charge in [0, 0.05) is 5.56 Å². The van der Waals surface area contributed by atoms with Crippen molar-refractivity contribution in [3.05, 3.63) is 111 Å². The van der Waals surface area contributed by atoms with Crippen LogP contribution in [-0.4, -0.2) is 30.9 Å². The lowest BCUT2D eigenvalue weighted by atomic mass is 10.0. The van der Waals surface area contributed by atoms with Gasteiger partial charge >= 0.3 is 12.0 Å². The van der Waals surface area contributed by atoms with E-state index in [4.69, 9.17) is 4.74 Å². The van der Waals surface area contributed by atoms with Crippen molar-refractivity contribution in [1.82, 2.24) is 5.32 Å². The molecule has 9 heteroatoms. The maximum Gasteiger partial charge on any atom is 0.337 e. The lowest BCUT2D eigenvalue weighted by Gasteiger charge is -2.26. The minimum absolute atomic E-state index is 0.196. The molecule has 0 aromatic heterocycles. The molecule has 0 aliphatic carbocycles. The number of anilines is 1. The number of amides is 4. The summed E-state index contributed by atoms with van der Waals surface area (Å²) in [7, 11) is 1.25. The van der Waals surface area contributed by atoms with Crippen LogP contribution in [-0.2, 0) is 20.9 Å². The van der Waals surface area contributed by atoms with Gasteiger partial charge in [0.15, 0.2) is 0 Å². The van der Waals surface area contributed by atoms with E-state index in [2.05, 4.69) is 50.2 Å². The summed E-state index contributed by atoms with van der Waals surface area (Å²) in [4.78, 5) is 50.9. The number of hydrogen-bond donors (Lipinski definition) is 1. The molecule has 0 bridgehead atoms. The molecule has 40 heavy (non-hydrogen) atoms. The molecule has 0 atom stereocenters. The third-order valence-electron chi connectivity index (χ3n) is 6.56. The second-order valence-electron chi connectivity index (χ2n) is 9.06. The summed E-state index contributed by atoms with van der Waals surface area (Å²) in [5.74, 6) is -1.55. The molecular formula is C31H23BrN2O6. The van der Waals surface area contributed by atoms with Crippen molar-refractivity contribution in [2.24, 2.45) is 0 Å². The first-order valence-electron chi connectivity index (χ1n) is 12.3. The Hall–Kier alpha value is -4.76. The highest BCUT2D eigenvalue weighted by molar-refractivity contribution is 9.10. The summed E-state index contributed by atoms with van der Waals surface area (Å²) in [6.45, 7) is 2.40. The number of aryl methyl sites for hydroxylation is 1. The van der Waals surface area contributed by atoms with Gasteiger partial charge in [-0.15, -0.1) is 0 Å². The summed E-state index contributed by atoms with van der Waals surface area (Å²) >= 11 is 3.52. The third-order valence-corrected chi connectivity index (χ3v) is 7.18. The van der Waals surface area contributed by atoms with Gasteiger partial charge in [-0.2, -0.15) is 0 Å². The summed E-state index contributed by atoms with van der Waals surface area (Å²) in [6, 6.07) is 22.3. The Labute approximate surface area is 238 Å². The number of methoxy groups -OCH3 is 1. The summed E-state index contributed by atoms with van der Waals surface area (Å²) in [6.07, 6.45) is 1.41. The monoisotopic (exact) mass is 598 g/mol. The van der Waals surface area contributed by atoms with Crippen LogP contribution in [0.3, 0.4) is 0 Å². The number of nitrogens with one attached hydrogen (secondary N) is 1. The lowest BCUT2D eigenvalue weighted by Crippen LogP contribution is -2.54. The smallest absolute Gasteiger partial charge is 0.337 e. The van der Waals surface area contributed by atoms with E-state index in [1.54, 1.807) is 18.2 Å². The van der Waals surface area contributed by atoms with Gasteiger partial charge in [-0.3, -0.25) is 14.9 Å². The number of imide groups is 2. The van der Waals surface area contributed by atoms with E-state index < -0.39 is 23.8 Å². The molecule has 1 aliphatic heterocycles. The van der Waals surface area contributed by atoms with E-state index >= 15 is 0 Å². The first-order chi connectivity index (χ1) is 19.3. The zero-order valence-corrected chi connectivity index (χ0v) is 23.2. The van der Waals surface area contributed by atoms with Crippen LogP contribution in [0.2, 0.25) is 0 Å². The average Bonchev–Trinajstić information content (AvgIpc) is 2.95. The van der Waals surface area contributed by atoms with Crippen molar-refractivity contribution in [1.29, 1.82) is 0 Å². The van der Waals surface area contributed by atoms with E-state index in [0.717, 1.165) is 26.8 Å². The van der Waals surface area contributed by atoms with Gasteiger partial charge in [-0.25, -0.2) is 14.5 Å². The number of carbonyl (C=O) groups is 4. The number of rotatable bonds is 6. The van der Waals surface area contributed by atoms with Gasteiger partial charge in [-0.05, 0) is 87.2 Å². The number of ether oxygens (including phenoxy) is 2. The number of esters is 1. The molecule has 0 saturated carbocycles. The van der Waals surface area contributed by atoms with Crippen LogP contribution in [0.4, 0.5) is 10.5 Å². The van der Waals surface area contributed by atoms with E-state index in [1.807, 2.05) is 19.1 Å². The SMILES string of the molecule is COC(=O)c1ccc(N2C(=O)NC(=O)/C(=C\c3ccc(OCc4c(C)ccc5ccccc45)c(Br)c3)C2=O)cc1. The third kappa shape index (κ3) is 5.23. The fourth-order valence-corrected chi connectivity index (χ4v) is 4.94. The van der Waals surface area contributed by atoms with E-state index in [0.29, 0.717) is 22.4 Å². The van der Waals surface area contributed by atoms with E-state index in [-0.39, 0.29) is 16.8 Å². The quantitative estimate of drug-likeness (QED) is 0.167. The first-order valence-corrected chi connectivity index (χ1v) is 13.1. The molecule has 4 aromatic rings. The van der Waals surface area contributed by atoms with Crippen molar-refractivity contribution >= 4 is 62.3 Å². The lowest BCUT2D eigenvalue weighted by molar-refractivity contribution is -0.122. The normalized spacial score (nSPS) is 14.4. The molecule has 5 rings (SSSR count). The summed E-state index contributed by atoms with van der Waals surface area (Å²) in [5.41, 5.74) is 2.99. The van der Waals surface area contributed by atoms with Crippen LogP contribution < -0.4 is 15.0 Å². The number of barbiturate groups is 1. The second kappa shape index (κ2) is 11.2. The van der Waals surface area contributed by atoms with Crippen LogP contribution in [0.5, 0.6) is 5.75 Å². The Bertz CT molecular complexity index is 1710. The molecule has 8 nitrogen and oxygen atoms in total. The van der Waals surface area contributed by atoms with Crippen LogP contribution in [0, 0.1) is 6.92 Å². The minimum Gasteiger partial charge on any atom is -0.488 e. The Morgan fingerprint density at radius 1 is 0.975 bits per heavy atom. The summed E-state index contributed by atoms with van der Waals surface area (Å²) < 4.78 is 11.4. The molecule has 0 spiro atoms. The standard InChI is InChI=1S/C31H23BrN2O6/c1-18-7-9-20-5-3-4-6-23(20)25(18)17-40-27-14-8-19(16-26(27)32)15-24-28(35)33-31(38)34(29(24)36)22-12-10-21(11-13-22)30(37)39-2/h3-16H,17H2,1-2H3,(H,33,35,38)/b24-15+. The van der Waals surface area contributed by atoms with Gasteiger partial charge in [0.05, 0.1) is 22.8 Å². The molecule has 4 amide bonds. The predicted octanol–water partition coefficient (Wildman–Crippen LogP) is 5.94. The predicted molar refractivity (Wildman–Crippen MR) is 154 cm³/mol. The van der Waals surface area contributed by atoms with Crippen LogP contribution in [0.1, 0.15) is 27.0 Å². The zero-order valence-electron chi connectivity index (χ0n) is 21.6. The Kier molecular flexibility index (Phi) is 7.48. The molecule has 0 radical (unpaired) electrons. The fourth-order valence-electron chi connectivity index (χ4n) is 4.43. The Morgan fingerprint density at radius 3 is 2.45 bits per heavy atom. The number of fused-ring (bicyclic) bond motifs is 1. The largest absolute Gasteiger partial charge is 0.488 e. The minimum atomic E-state index is -0.883. The van der Waals surface area contributed by atoms with Gasteiger partial charge in [0.25, 0.3) is 11.8 Å². The van der Waals surface area contributed by atoms with Crippen molar-refractivity contribution < 1.29 is 28.7 Å². The van der Waals surface area contributed by atoms with Gasteiger partial charge in [0.2, 0.25) is 0 Å². The first kappa shape index (κ1) is 26.8. The van der Waals surface area contributed by atoms with Crippen molar-refractivity contribution in [2.75, 3.05) is 12.0 Å². The molecule has 0 unspecified atom stereocenters. The van der Waals surface area contributed by atoms with Crippen molar-refractivity contribution in [3.63, 3.8) is 0 Å². The number of benzene rings is 4. The topological polar surface area (TPSA) is 102 Å². The highest BCUT2D eigenvalue weighted by atomic mass is 79.9. The molecule has 1 heterocycles. The molecule has 200 valence electrons. The highest BCUT2D eigenvalue weighted by Gasteiger charge is 2.36. The van der Waals surface area contributed by atoms with Crippen molar-refractivity contribution in [2.45, 2.75) is 13.5 Å². The van der Waals surface area contributed by atoms with Crippen LogP contribution >= 0.6 is 15.9 Å². The Balaban J connectivity index is 1.37. The molecule has 4 aromatic carbocycles. The van der Waals surface area contributed by atoms with Gasteiger partial charge in [-0.1, -0.05) is 42.5 Å². The van der Waals surface area contributed by atoms with E-state index in [1.165, 1.54) is 37.5 Å². The molecule has 1 saturated heterocycles. The van der Waals surface area contributed by atoms with Crippen molar-refractivity contribution in [3.8, 4) is 5.75 Å². The molecular weight excluding hydrogens is 576 g/mol. The van der Waals surface area contributed by atoms with Gasteiger partial charge in [0.1, 0.15) is 17.9 Å². The number of urea groups is 1. The zero-order chi connectivity index (χ0) is 28.4. The highest BCUT2D eigenvalue weighted by Crippen LogP contribution is 2.30. The summed E-state index contributed by atoms with van der Waals surface area (Å²) in [5, 5.41) is 4.45. The Morgan fingerprint density at radius 2 is 1.73 bits per heavy atom. The molecule has 1 aliphatic rings. The number of halogens is 1. The number of nitrogens with zero attached hydrogens (tertiary/aromatic N) is 1. The van der Waals surface area contributed by atoms with Crippen LogP contribution in [0.25, 0.3) is 16.8 Å². The fraction of sp³-hybridized carbons (Fsp3) is 0.0968. The molecule has 1 fully saturated rings. The van der Waals surface area contributed by atoms with E-state index in [9.17, 15) is 19.2 Å². The number of carbonyl (C=O) groups excluding carboxylic acids is 4. The van der Waals surface area contributed by atoms with Gasteiger partial charge < -0.3 is 9.47 Å². The maximum absolute atomic E-state index is 13.2. The molecule has 1 N–H and O–H groups in total. The number of hydrogen-bond acceptors (Lipinski definition) is 6.